The summed E-state index contributed by atoms with van der Waals surface area (Å²) in [6.45, 7) is 3.89. The van der Waals surface area contributed by atoms with Crippen molar-refractivity contribution in [3.8, 4) is 0 Å². The van der Waals surface area contributed by atoms with Gasteiger partial charge in [0, 0.05) is 23.7 Å². The van der Waals surface area contributed by atoms with E-state index in [0.717, 1.165) is 36.5 Å². The molecule has 1 unspecified atom stereocenters. The Kier molecular flexibility index (Phi) is 4.04. The molecule has 0 aliphatic heterocycles. The first-order chi connectivity index (χ1) is 9.79. The highest BCUT2D eigenvalue weighted by Crippen LogP contribution is 2.37. The number of fused-ring (bicyclic) bond motifs is 1. The number of aryl methyl sites for hydroxylation is 1. The van der Waals surface area contributed by atoms with Crippen LogP contribution in [0.25, 0.3) is 0 Å². The van der Waals surface area contributed by atoms with Crippen molar-refractivity contribution in [2.24, 2.45) is 0 Å². The molecule has 1 aliphatic carbocycles. The predicted molar refractivity (Wildman–Crippen MR) is 83.2 cm³/mol. The smallest absolute Gasteiger partial charge is 0.0510 e. The Labute approximate surface area is 125 Å². The minimum Gasteiger partial charge on any atom is -0.313 e. The first-order valence-electron chi connectivity index (χ1n) is 7.22. The largest absolute Gasteiger partial charge is 0.313 e. The molecule has 104 valence electrons. The Balaban J connectivity index is 1.87. The van der Waals surface area contributed by atoms with Crippen molar-refractivity contribution in [2.45, 2.75) is 32.2 Å². The Morgan fingerprint density at radius 3 is 3.05 bits per heavy atom. The maximum atomic E-state index is 6.41. The highest BCUT2D eigenvalue weighted by atomic mass is 35.5. The van der Waals surface area contributed by atoms with Crippen molar-refractivity contribution < 1.29 is 0 Å². The van der Waals surface area contributed by atoms with Gasteiger partial charge in [-0.2, -0.15) is 0 Å². The van der Waals surface area contributed by atoms with Gasteiger partial charge < -0.3 is 5.32 Å². The van der Waals surface area contributed by atoms with Gasteiger partial charge in [0.05, 0.1) is 5.69 Å². The molecule has 1 aromatic heterocycles. The van der Waals surface area contributed by atoms with Gasteiger partial charge in [0.25, 0.3) is 0 Å². The summed E-state index contributed by atoms with van der Waals surface area (Å²) < 4.78 is 0. The molecule has 3 heteroatoms. The number of hydrogen-bond acceptors (Lipinski definition) is 2. The molecule has 0 radical (unpaired) electrons. The second-order valence-corrected chi connectivity index (χ2v) is 5.68. The molecule has 0 bridgehead atoms. The van der Waals surface area contributed by atoms with Gasteiger partial charge in [0.1, 0.15) is 0 Å². The molecule has 0 saturated heterocycles. The van der Waals surface area contributed by atoms with Crippen molar-refractivity contribution in [3.05, 3.63) is 63.9 Å². The number of halogens is 1. The van der Waals surface area contributed by atoms with Gasteiger partial charge in [-0.1, -0.05) is 36.7 Å². The van der Waals surface area contributed by atoms with Crippen molar-refractivity contribution in [2.75, 3.05) is 6.54 Å². The van der Waals surface area contributed by atoms with Gasteiger partial charge >= 0.3 is 0 Å². The molecule has 1 aliphatic rings. The maximum Gasteiger partial charge on any atom is 0.0510 e. The first kappa shape index (κ1) is 13.6. The Morgan fingerprint density at radius 1 is 1.35 bits per heavy atom. The van der Waals surface area contributed by atoms with E-state index in [2.05, 4.69) is 41.5 Å². The molecule has 1 N–H and O–H groups in total. The van der Waals surface area contributed by atoms with Crippen LogP contribution in [0.3, 0.4) is 0 Å². The lowest BCUT2D eigenvalue weighted by Gasteiger charge is -2.13. The average Bonchev–Trinajstić information content (AvgIpc) is 2.90. The number of aromatic nitrogens is 1. The van der Waals surface area contributed by atoms with E-state index in [-0.39, 0.29) is 0 Å². The molecule has 2 nitrogen and oxygen atoms in total. The minimum absolute atomic E-state index is 0.400. The summed E-state index contributed by atoms with van der Waals surface area (Å²) in [5.41, 5.74) is 5.05. The molecule has 2 aromatic rings. The van der Waals surface area contributed by atoms with Crippen LogP contribution in [0.5, 0.6) is 0 Å². The lowest BCUT2D eigenvalue weighted by atomic mass is 9.95. The lowest BCUT2D eigenvalue weighted by molar-refractivity contribution is 0.724. The van der Waals surface area contributed by atoms with Crippen LogP contribution < -0.4 is 5.32 Å². The van der Waals surface area contributed by atoms with Crippen molar-refractivity contribution >= 4 is 11.6 Å². The van der Waals surface area contributed by atoms with Crippen LogP contribution in [0.15, 0.2) is 36.5 Å². The summed E-state index contributed by atoms with van der Waals surface area (Å²) in [5.74, 6) is 0.400. The molecule has 1 atom stereocenters. The zero-order valence-electron chi connectivity index (χ0n) is 11.7. The fraction of sp³-hybridized carbons (Fsp3) is 0.353. The van der Waals surface area contributed by atoms with Crippen LogP contribution in [0, 0.1) is 0 Å². The molecular weight excluding hydrogens is 268 g/mol. The third kappa shape index (κ3) is 2.58. The molecule has 0 spiro atoms. The average molecular weight is 287 g/mol. The van der Waals surface area contributed by atoms with Gasteiger partial charge in [-0.15, -0.1) is 0 Å². The molecule has 20 heavy (non-hydrogen) atoms. The van der Waals surface area contributed by atoms with E-state index >= 15 is 0 Å². The van der Waals surface area contributed by atoms with Gasteiger partial charge in [-0.3, -0.25) is 4.98 Å². The van der Waals surface area contributed by atoms with Crippen LogP contribution in [0.1, 0.15) is 41.6 Å². The van der Waals surface area contributed by atoms with Gasteiger partial charge in [0.2, 0.25) is 0 Å². The number of rotatable bonds is 4. The highest BCUT2D eigenvalue weighted by Gasteiger charge is 2.25. The summed E-state index contributed by atoms with van der Waals surface area (Å²) in [6.07, 6.45) is 4.14. The third-order valence-electron chi connectivity index (χ3n) is 4.00. The van der Waals surface area contributed by atoms with Crippen molar-refractivity contribution in [3.63, 3.8) is 0 Å². The van der Waals surface area contributed by atoms with Gasteiger partial charge in [-0.25, -0.2) is 0 Å². The molecule has 3 rings (SSSR count). The van der Waals surface area contributed by atoms with E-state index in [9.17, 15) is 0 Å². The molecular formula is C17H19ClN2. The van der Waals surface area contributed by atoms with Crippen LogP contribution in [-0.4, -0.2) is 11.5 Å². The highest BCUT2D eigenvalue weighted by molar-refractivity contribution is 6.31. The van der Waals surface area contributed by atoms with E-state index in [1.165, 1.54) is 16.8 Å². The van der Waals surface area contributed by atoms with Crippen molar-refractivity contribution in [1.82, 2.24) is 10.3 Å². The molecule has 1 heterocycles. The Bertz CT molecular complexity index is 610. The SMILES string of the molecule is CCNCc1ccc(C2CCc3cccnc32)cc1Cl. The first-order valence-corrected chi connectivity index (χ1v) is 7.60. The van der Waals surface area contributed by atoms with E-state index in [1.54, 1.807) is 0 Å². The van der Waals surface area contributed by atoms with E-state index in [0.29, 0.717) is 5.92 Å². The zero-order valence-corrected chi connectivity index (χ0v) is 12.5. The Morgan fingerprint density at radius 2 is 2.25 bits per heavy atom. The summed E-state index contributed by atoms with van der Waals surface area (Å²) in [7, 11) is 0. The topological polar surface area (TPSA) is 24.9 Å². The number of benzene rings is 1. The number of pyridine rings is 1. The van der Waals surface area contributed by atoms with Crippen LogP contribution in [0.4, 0.5) is 0 Å². The zero-order chi connectivity index (χ0) is 13.9. The van der Waals surface area contributed by atoms with Crippen molar-refractivity contribution in [1.29, 1.82) is 0 Å². The maximum absolute atomic E-state index is 6.41. The Hall–Kier alpha value is -1.38. The summed E-state index contributed by atoms with van der Waals surface area (Å²) in [6, 6.07) is 10.7. The quantitative estimate of drug-likeness (QED) is 0.921. The predicted octanol–water partition coefficient (Wildman–Crippen LogP) is 3.92. The number of nitrogens with one attached hydrogen (secondary N) is 1. The fourth-order valence-corrected chi connectivity index (χ4v) is 3.18. The summed E-state index contributed by atoms with van der Waals surface area (Å²) in [4.78, 5) is 4.56. The number of nitrogens with zero attached hydrogens (tertiary/aromatic N) is 1. The third-order valence-corrected chi connectivity index (χ3v) is 4.36. The summed E-state index contributed by atoms with van der Waals surface area (Å²) in [5, 5.41) is 4.17. The monoisotopic (exact) mass is 286 g/mol. The molecule has 0 fully saturated rings. The molecule has 1 aromatic carbocycles. The molecule has 0 amide bonds. The minimum atomic E-state index is 0.400. The standard InChI is InChI=1S/C17H19ClN2/c1-2-19-11-14-6-5-13(10-16(14)18)15-8-7-12-4-3-9-20-17(12)15/h3-6,9-10,15,19H,2,7-8,11H2,1H3. The molecule has 0 saturated carbocycles. The second kappa shape index (κ2) is 5.94. The number of hydrogen-bond donors (Lipinski definition) is 1. The van der Waals surface area contributed by atoms with Crippen LogP contribution >= 0.6 is 11.6 Å². The van der Waals surface area contributed by atoms with E-state index in [1.807, 2.05) is 12.3 Å². The van der Waals surface area contributed by atoms with E-state index in [4.69, 9.17) is 11.6 Å². The van der Waals surface area contributed by atoms with Gasteiger partial charge in [-0.05, 0) is 48.2 Å². The normalized spacial score (nSPS) is 17.2. The summed E-state index contributed by atoms with van der Waals surface area (Å²) >= 11 is 6.41. The van der Waals surface area contributed by atoms with Gasteiger partial charge in [0.15, 0.2) is 0 Å². The van der Waals surface area contributed by atoms with E-state index < -0.39 is 0 Å². The fourth-order valence-electron chi connectivity index (χ4n) is 2.92. The van der Waals surface area contributed by atoms with Crippen LogP contribution in [0.2, 0.25) is 5.02 Å². The van der Waals surface area contributed by atoms with Crippen LogP contribution in [-0.2, 0) is 13.0 Å². The lowest BCUT2D eigenvalue weighted by Crippen LogP contribution is -2.12. The second-order valence-electron chi connectivity index (χ2n) is 5.27.